The van der Waals surface area contributed by atoms with Crippen LogP contribution in [0.1, 0.15) is 41.6 Å². The minimum atomic E-state index is -0.224. The maximum atomic E-state index is 12.6. The van der Waals surface area contributed by atoms with Crippen molar-refractivity contribution in [2.24, 2.45) is 0 Å². The van der Waals surface area contributed by atoms with Crippen LogP contribution >= 0.6 is 23.2 Å². The smallest absolute Gasteiger partial charge is 0.258 e. The van der Waals surface area contributed by atoms with Crippen LogP contribution < -0.4 is 10.1 Å². The number of nitrogens with zero attached hydrogens (tertiary/aromatic N) is 2. The maximum absolute atomic E-state index is 12.6. The van der Waals surface area contributed by atoms with E-state index in [2.05, 4.69) is 22.3 Å². The third-order valence-corrected chi connectivity index (χ3v) is 6.95. The third kappa shape index (κ3) is 5.81. The molecule has 4 rings (SSSR count). The van der Waals surface area contributed by atoms with Crippen LogP contribution in [0.3, 0.4) is 0 Å². The number of carbonyl (C=O) groups is 2. The van der Waals surface area contributed by atoms with E-state index in [0.29, 0.717) is 28.4 Å². The Morgan fingerprint density at radius 2 is 1.67 bits per heavy atom. The van der Waals surface area contributed by atoms with E-state index in [4.69, 9.17) is 27.9 Å². The maximum Gasteiger partial charge on any atom is 0.258 e. The van der Waals surface area contributed by atoms with Crippen LogP contribution in [0, 0.1) is 0 Å². The molecule has 2 aliphatic rings. The number of hydrogen-bond donors (Lipinski definition) is 1. The Hall–Kier alpha value is -2.28. The van der Waals surface area contributed by atoms with E-state index >= 15 is 0 Å². The number of carbonyl (C=O) groups excluding carboxylic acids is 2. The van der Waals surface area contributed by atoms with Gasteiger partial charge >= 0.3 is 0 Å². The Morgan fingerprint density at radius 3 is 2.30 bits per heavy atom. The lowest BCUT2D eigenvalue weighted by molar-refractivity contribution is -0.124. The van der Waals surface area contributed by atoms with Gasteiger partial charge in [0.2, 0.25) is 0 Å². The van der Waals surface area contributed by atoms with Crippen molar-refractivity contribution >= 4 is 35.0 Å². The Balaban J connectivity index is 1.31. The molecule has 2 aliphatic heterocycles. The van der Waals surface area contributed by atoms with Crippen molar-refractivity contribution in [2.45, 2.75) is 50.4 Å². The number of rotatable bonds is 7. The summed E-state index contributed by atoms with van der Waals surface area (Å²) in [6, 6.07) is 13.9. The monoisotopic (exact) mass is 489 g/mol. The van der Waals surface area contributed by atoms with Crippen molar-refractivity contribution in [3.05, 3.63) is 63.6 Å². The first-order valence-electron chi connectivity index (χ1n) is 11.2. The molecular formula is C25H29Cl2N3O3. The summed E-state index contributed by atoms with van der Waals surface area (Å²) in [6.45, 7) is 0.769. The van der Waals surface area contributed by atoms with Crippen LogP contribution in [-0.4, -0.2) is 60.4 Å². The van der Waals surface area contributed by atoms with Gasteiger partial charge in [0.1, 0.15) is 5.75 Å². The van der Waals surface area contributed by atoms with Gasteiger partial charge < -0.3 is 15.0 Å². The van der Waals surface area contributed by atoms with E-state index in [0.717, 1.165) is 37.3 Å². The first-order chi connectivity index (χ1) is 15.8. The average Bonchev–Trinajstić information content (AvgIpc) is 3.01. The molecule has 6 nitrogen and oxygen atoms in total. The number of piperidine rings is 1. The summed E-state index contributed by atoms with van der Waals surface area (Å²) in [5.41, 5.74) is 1.60. The summed E-state index contributed by atoms with van der Waals surface area (Å²) in [6.07, 6.45) is 4.17. The summed E-state index contributed by atoms with van der Waals surface area (Å²) in [7, 11) is 3.32. The first-order valence-corrected chi connectivity index (χ1v) is 12.0. The zero-order valence-electron chi connectivity index (χ0n) is 18.9. The average molecular weight is 490 g/mol. The molecule has 2 fully saturated rings. The normalized spacial score (nSPS) is 22.1. The van der Waals surface area contributed by atoms with Gasteiger partial charge in [-0.2, -0.15) is 0 Å². The SMILES string of the molecule is CN(C)C(=O)c1cc(Cl)ccc1OCC(=O)NC1CC2CCC(C1)N2Cc1ccc(Cl)cc1. The van der Waals surface area contributed by atoms with Crippen LogP contribution in [-0.2, 0) is 11.3 Å². The Bertz CT molecular complexity index is 998. The molecule has 2 aromatic rings. The molecule has 2 unspecified atom stereocenters. The van der Waals surface area contributed by atoms with E-state index in [1.54, 1.807) is 32.3 Å². The minimum absolute atomic E-state index is 0.133. The molecule has 0 aromatic heterocycles. The standard InChI is InChI=1S/C25H29Cl2N3O3/c1-29(2)25(32)22-11-18(27)7-10-23(22)33-15-24(31)28-19-12-20-8-9-21(13-19)30(20)14-16-3-5-17(26)6-4-16/h3-7,10-11,19-21H,8-9,12-15H2,1-2H3,(H,28,31). The molecule has 2 bridgehead atoms. The minimum Gasteiger partial charge on any atom is -0.483 e. The zero-order valence-corrected chi connectivity index (χ0v) is 20.4. The molecule has 2 amide bonds. The number of amides is 2. The molecule has 2 heterocycles. The highest BCUT2D eigenvalue weighted by molar-refractivity contribution is 6.31. The van der Waals surface area contributed by atoms with Gasteiger partial charge in [-0.05, 0) is 61.6 Å². The van der Waals surface area contributed by atoms with Crippen molar-refractivity contribution in [2.75, 3.05) is 20.7 Å². The first kappa shape index (κ1) is 23.9. The molecule has 1 N–H and O–H groups in total. The van der Waals surface area contributed by atoms with Crippen molar-refractivity contribution in [1.29, 1.82) is 0 Å². The Morgan fingerprint density at radius 1 is 1.03 bits per heavy atom. The second-order valence-corrected chi connectivity index (χ2v) is 9.92. The number of hydrogen-bond acceptors (Lipinski definition) is 4. The lowest BCUT2D eigenvalue weighted by atomic mass is 9.96. The van der Waals surface area contributed by atoms with Crippen LogP contribution in [0.4, 0.5) is 0 Å². The molecule has 33 heavy (non-hydrogen) atoms. The van der Waals surface area contributed by atoms with E-state index in [-0.39, 0.29) is 24.5 Å². The highest BCUT2D eigenvalue weighted by atomic mass is 35.5. The van der Waals surface area contributed by atoms with Crippen LogP contribution in [0.2, 0.25) is 10.0 Å². The number of ether oxygens (including phenoxy) is 1. The van der Waals surface area contributed by atoms with Crippen LogP contribution in [0.15, 0.2) is 42.5 Å². The zero-order chi connectivity index (χ0) is 23.5. The van der Waals surface area contributed by atoms with Crippen molar-refractivity contribution in [1.82, 2.24) is 15.1 Å². The number of benzene rings is 2. The second-order valence-electron chi connectivity index (χ2n) is 9.05. The van der Waals surface area contributed by atoms with Gasteiger partial charge in [0.25, 0.3) is 11.8 Å². The lowest BCUT2D eigenvalue weighted by Crippen LogP contribution is -2.50. The quantitative estimate of drug-likeness (QED) is 0.626. The van der Waals surface area contributed by atoms with Gasteiger partial charge in [0.05, 0.1) is 5.56 Å². The van der Waals surface area contributed by atoms with Crippen molar-refractivity contribution in [3.63, 3.8) is 0 Å². The van der Waals surface area contributed by atoms with Gasteiger partial charge in [0, 0.05) is 48.8 Å². The third-order valence-electron chi connectivity index (χ3n) is 6.46. The predicted molar refractivity (Wildman–Crippen MR) is 130 cm³/mol. The molecule has 2 aromatic carbocycles. The van der Waals surface area contributed by atoms with E-state index in [1.807, 2.05) is 12.1 Å². The largest absolute Gasteiger partial charge is 0.483 e. The fourth-order valence-electron chi connectivity index (χ4n) is 4.90. The molecule has 0 radical (unpaired) electrons. The van der Waals surface area contributed by atoms with Gasteiger partial charge in [-0.3, -0.25) is 14.5 Å². The Labute approximate surface area is 204 Å². The van der Waals surface area contributed by atoms with Gasteiger partial charge in [-0.15, -0.1) is 0 Å². The van der Waals surface area contributed by atoms with E-state index in [1.165, 1.54) is 10.5 Å². The fourth-order valence-corrected chi connectivity index (χ4v) is 5.20. The van der Waals surface area contributed by atoms with E-state index in [9.17, 15) is 9.59 Å². The molecule has 0 saturated carbocycles. The molecule has 0 aliphatic carbocycles. The summed E-state index contributed by atoms with van der Waals surface area (Å²) >= 11 is 12.1. The summed E-state index contributed by atoms with van der Waals surface area (Å²) < 4.78 is 5.71. The van der Waals surface area contributed by atoms with Crippen LogP contribution in [0.5, 0.6) is 5.75 Å². The van der Waals surface area contributed by atoms with Crippen molar-refractivity contribution < 1.29 is 14.3 Å². The highest BCUT2D eigenvalue weighted by Gasteiger charge is 2.40. The summed E-state index contributed by atoms with van der Waals surface area (Å²) in [5, 5.41) is 4.33. The van der Waals surface area contributed by atoms with Crippen LogP contribution in [0.25, 0.3) is 0 Å². The summed E-state index contributed by atoms with van der Waals surface area (Å²) in [4.78, 5) is 29.0. The van der Waals surface area contributed by atoms with Gasteiger partial charge in [0.15, 0.2) is 6.61 Å². The predicted octanol–water partition coefficient (Wildman–Crippen LogP) is 4.39. The fraction of sp³-hybridized carbons (Fsp3) is 0.440. The lowest BCUT2D eigenvalue weighted by Gasteiger charge is -2.39. The summed E-state index contributed by atoms with van der Waals surface area (Å²) in [5.74, 6) is -0.0487. The molecule has 176 valence electrons. The molecule has 2 saturated heterocycles. The van der Waals surface area contributed by atoms with Gasteiger partial charge in [-0.1, -0.05) is 35.3 Å². The van der Waals surface area contributed by atoms with Crippen molar-refractivity contribution in [3.8, 4) is 5.75 Å². The number of fused-ring (bicyclic) bond motifs is 2. The molecule has 0 spiro atoms. The van der Waals surface area contributed by atoms with Gasteiger partial charge in [-0.25, -0.2) is 0 Å². The second kappa shape index (κ2) is 10.3. The molecular weight excluding hydrogens is 461 g/mol. The number of halogens is 2. The topological polar surface area (TPSA) is 61.9 Å². The highest BCUT2D eigenvalue weighted by Crippen LogP contribution is 2.37. The number of nitrogens with one attached hydrogen (secondary N) is 1. The molecule has 8 heteroatoms. The van der Waals surface area contributed by atoms with E-state index < -0.39 is 0 Å². The molecule has 2 atom stereocenters. The Kier molecular flexibility index (Phi) is 7.47.